The quantitative estimate of drug-likeness (QED) is 0.739. The van der Waals surface area contributed by atoms with E-state index in [2.05, 4.69) is 13.0 Å². The number of aryl methyl sites for hydroxylation is 1. The molecule has 140 valence electrons. The fraction of sp³-hybridized carbons (Fsp3) is 0.500. The summed E-state index contributed by atoms with van der Waals surface area (Å²) in [6.07, 6.45) is 3.43. The number of fused-ring (bicyclic) bond motifs is 1. The summed E-state index contributed by atoms with van der Waals surface area (Å²) in [6, 6.07) is 6.25. The molecule has 0 N–H and O–H groups in total. The van der Waals surface area contributed by atoms with Gasteiger partial charge in [0.15, 0.2) is 11.5 Å². The van der Waals surface area contributed by atoms with Crippen LogP contribution in [0.2, 0.25) is 0 Å². The zero-order valence-corrected chi connectivity index (χ0v) is 16.7. The number of thioether (sulfide) groups is 1. The Bertz CT molecular complexity index is 809. The van der Waals surface area contributed by atoms with Crippen LogP contribution in [-0.2, 0) is 4.79 Å². The van der Waals surface area contributed by atoms with Crippen LogP contribution >= 0.6 is 11.8 Å². The van der Waals surface area contributed by atoms with Gasteiger partial charge >= 0.3 is 0 Å². The number of hydrogen-bond acceptors (Lipinski definition) is 5. The maximum Gasteiger partial charge on any atom is 0.233 e. The van der Waals surface area contributed by atoms with Crippen molar-refractivity contribution in [2.24, 2.45) is 0 Å². The molecule has 2 aromatic rings. The van der Waals surface area contributed by atoms with Gasteiger partial charge in [0, 0.05) is 24.0 Å². The minimum atomic E-state index is 0.204. The third-order valence-electron chi connectivity index (χ3n) is 4.92. The van der Waals surface area contributed by atoms with Gasteiger partial charge in [-0.05, 0) is 50.8 Å². The lowest BCUT2D eigenvalue weighted by molar-refractivity contribution is -0.131. The number of methoxy groups -OCH3 is 2. The van der Waals surface area contributed by atoms with Gasteiger partial charge in [-0.3, -0.25) is 4.79 Å². The molecule has 1 aromatic carbocycles. The summed E-state index contributed by atoms with van der Waals surface area (Å²) in [5.41, 5.74) is 1.91. The second kappa shape index (κ2) is 8.16. The Balaban J connectivity index is 1.79. The predicted molar refractivity (Wildman–Crippen MR) is 105 cm³/mol. The van der Waals surface area contributed by atoms with Gasteiger partial charge in [-0.15, -0.1) is 0 Å². The number of amides is 1. The minimum Gasteiger partial charge on any atom is -0.493 e. The van der Waals surface area contributed by atoms with Crippen LogP contribution in [0, 0.1) is 6.92 Å². The van der Waals surface area contributed by atoms with E-state index < -0.39 is 0 Å². The zero-order valence-electron chi connectivity index (χ0n) is 15.9. The summed E-state index contributed by atoms with van der Waals surface area (Å²) >= 11 is 1.51. The molecule has 1 aliphatic heterocycles. The SMILES string of the molecule is COc1cc2cc(C)c(SCC(=O)N3CCCCC3C)nc2cc1OC. The molecule has 3 rings (SSSR count). The Morgan fingerprint density at radius 1 is 1.23 bits per heavy atom. The second-order valence-corrected chi connectivity index (χ2v) is 7.69. The van der Waals surface area contributed by atoms with Crippen LogP contribution in [0.4, 0.5) is 0 Å². The van der Waals surface area contributed by atoms with Crippen molar-refractivity contribution in [3.8, 4) is 11.5 Å². The lowest BCUT2D eigenvalue weighted by Crippen LogP contribution is -2.42. The van der Waals surface area contributed by atoms with E-state index in [4.69, 9.17) is 14.5 Å². The van der Waals surface area contributed by atoms with Gasteiger partial charge < -0.3 is 14.4 Å². The fourth-order valence-corrected chi connectivity index (χ4v) is 4.29. The summed E-state index contributed by atoms with van der Waals surface area (Å²) < 4.78 is 10.7. The van der Waals surface area contributed by atoms with E-state index in [0.29, 0.717) is 23.3 Å². The van der Waals surface area contributed by atoms with Gasteiger partial charge in [0.2, 0.25) is 5.91 Å². The average molecular weight is 375 g/mol. The lowest BCUT2D eigenvalue weighted by Gasteiger charge is -2.33. The van der Waals surface area contributed by atoms with E-state index in [9.17, 15) is 4.79 Å². The van der Waals surface area contributed by atoms with Crippen molar-refractivity contribution in [3.05, 3.63) is 23.8 Å². The molecule has 0 spiro atoms. The molecule has 1 unspecified atom stereocenters. The van der Waals surface area contributed by atoms with Crippen molar-refractivity contribution in [2.45, 2.75) is 44.2 Å². The third-order valence-corrected chi connectivity index (χ3v) is 6.00. The van der Waals surface area contributed by atoms with E-state index in [1.54, 1.807) is 14.2 Å². The Morgan fingerprint density at radius 3 is 2.65 bits per heavy atom. The summed E-state index contributed by atoms with van der Waals surface area (Å²) in [5.74, 6) is 1.98. The molecule has 2 heterocycles. The molecule has 0 radical (unpaired) electrons. The van der Waals surface area contributed by atoms with Crippen LogP contribution in [0.3, 0.4) is 0 Å². The zero-order chi connectivity index (χ0) is 18.7. The van der Waals surface area contributed by atoms with E-state index in [1.807, 2.05) is 24.0 Å². The average Bonchev–Trinajstić information content (AvgIpc) is 2.65. The Hall–Kier alpha value is -1.95. The van der Waals surface area contributed by atoms with Gasteiger partial charge in [-0.1, -0.05) is 11.8 Å². The fourth-order valence-electron chi connectivity index (χ4n) is 3.42. The monoisotopic (exact) mass is 374 g/mol. The molecular weight excluding hydrogens is 348 g/mol. The number of ether oxygens (including phenoxy) is 2. The molecule has 1 amide bonds. The van der Waals surface area contributed by atoms with Crippen molar-refractivity contribution in [1.29, 1.82) is 0 Å². The minimum absolute atomic E-state index is 0.204. The predicted octanol–water partition coefficient (Wildman–Crippen LogP) is 4.05. The lowest BCUT2D eigenvalue weighted by atomic mass is 10.0. The third kappa shape index (κ3) is 3.90. The summed E-state index contributed by atoms with van der Waals surface area (Å²) in [4.78, 5) is 19.3. The van der Waals surface area contributed by atoms with E-state index >= 15 is 0 Å². The second-order valence-electron chi connectivity index (χ2n) is 6.73. The van der Waals surface area contributed by atoms with Crippen molar-refractivity contribution >= 4 is 28.6 Å². The first kappa shape index (κ1) is 18.8. The number of carbonyl (C=O) groups excluding carboxylic acids is 1. The Kier molecular flexibility index (Phi) is 5.91. The molecule has 1 atom stereocenters. The molecular formula is C20H26N2O3S. The number of nitrogens with zero attached hydrogens (tertiary/aromatic N) is 2. The highest BCUT2D eigenvalue weighted by Gasteiger charge is 2.23. The highest BCUT2D eigenvalue weighted by molar-refractivity contribution is 7.99. The molecule has 5 nitrogen and oxygen atoms in total. The molecule has 0 saturated carbocycles. The van der Waals surface area contributed by atoms with Crippen LogP contribution in [0.25, 0.3) is 10.9 Å². The number of likely N-dealkylation sites (tertiary alicyclic amines) is 1. The van der Waals surface area contributed by atoms with Gasteiger partial charge in [0.25, 0.3) is 0 Å². The maximum atomic E-state index is 12.6. The first-order valence-electron chi connectivity index (χ1n) is 8.99. The largest absolute Gasteiger partial charge is 0.493 e. The van der Waals surface area contributed by atoms with Crippen LogP contribution in [-0.4, -0.2) is 48.4 Å². The van der Waals surface area contributed by atoms with Crippen LogP contribution in [0.5, 0.6) is 11.5 Å². The van der Waals surface area contributed by atoms with E-state index in [1.165, 1.54) is 18.2 Å². The van der Waals surface area contributed by atoms with E-state index in [0.717, 1.165) is 40.9 Å². The first-order valence-corrected chi connectivity index (χ1v) is 9.97. The van der Waals surface area contributed by atoms with Crippen molar-refractivity contribution in [1.82, 2.24) is 9.88 Å². The van der Waals surface area contributed by atoms with Gasteiger partial charge in [-0.2, -0.15) is 0 Å². The number of piperidine rings is 1. The highest BCUT2D eigenvalue weighted by atomic mass is 32.2. The Labute approximate surface area is 159 Å². The molecule has 0 aliphatic carbocycles. The van der Waals surface area contributed by atoms with Crippen LogP contribution in [0.15, 0.2) is 23.2 Å². The molecule has 1 fully saturated rings. The van der Waals surface area contributed by atoms with E-state index in [-0.39, 0.29) is 5.91 Å². The van der Waals surface area contributed by atoms with Gasteiger partial charge in [0.1, 0.15) is 5.03 Å². The molecule has 1 aromatic heterocycles. The molecule has 6 heteroatoms. The number of benzene rings is 1. The van der Waals surface area contributed by atoms with Crippen molar-refractivity contribution < 1.29 is 14.3 Å². The molecule has 1 saturated heterocycles. The maximum absolute atomic E-state index is 12.6. The number of hydrogen-bond donors (Lipinski definition) is 0. The van der Waals surface area contributed by atoms with Gasteiger partial charge in [-0.25, -0.2) is 4.98 Å². The van der Waals surface area contributed by atoms with Crippen LogP contribution < -0.4 is 9.47 Å². The number of pyridine rings is 1. The highest BCUT2D eigenvalue weighted by Crippen LogP contribution is 2.33. The number of carbonyl (C=O) groups is 1. The first-order chi connectivity index (χ1) is 12.5. The molecule has 26 heavy (non-hydrogen) atoms. The topological polar surface area (TPSA) is 51.7 Å². The number of aromatic nitrogens is 1. The number of rotatable bonds is 5. The van der Waals surface area contributed by atoms with Crippen LogP contribution in [0.1, 0.15) is 31.7 Å². The van der Waals surface area contributed by atoms with Crippen molar-refractivity contribution in [3.63, 3.8) is 0 Å². The molecule has 1 aliphatic rings. The normalized spacial score (nSPS) is 17.4. The smallest absolute Gasteiger partial charge is 0.233 e. The van der Waals surface area contributed by atoms with Gasteiger partial charge in [0.05, 0.1) is 25.5 Å². The molecule has 0 bridgehead atoms. The summed E-state index contributed by atoms with van der Waals surface area (Å²) in [6.45, 7) is 5.04. The Morgan fingerprint density at radius 2 is 1.96 bits per heavy atom. The van der Waals surface area contributed by atoms with Crippen molar-refractivity contribution in [2.75, 3.05) is 26.5 Å². The standard InChI is InChI=1S/C20H26N2O3S/c1-13-9-15-10-17(24-3)18(25-4)11-16(15)21-20(13)26-12-19(23)22-8-6-5-7-14(22)2/h9-11,14H,5-8,12H2,1-4H3. The summed E-state index contributed by atoms with van der Waals surface area (Å²) in [5, 5.41) is 1.89. The summed E-state index contributed by atoms with van der Waals surface area (Å²) in [7, 11) is 3.24.